The lowest BCUT2D eigenvalue weighted by atomic mass is 9.91. The Morgan fingerprint density at radius 3 is 2.63 bits per heavy atom. The lowest BCUT2D eigenvalue weighted by Gasteiger charge is -2.23. The van der Waals surface area contributed by atoms with Gasteiger partial charge in [0.05, 0.1) is 22.3 Å². The average molecular weight is 607 g/mol. The van der Waals surface area contributed by atoms with Crippen LogP contribution in [0.3, 0.4) is 0 Å². The Bertz CT molecular complexity index is 1890. The summed E-state index contributed by atoms with van der Waals surface area (Å²) in [7, 11) is -4.20. The van der Waals surface area contributed by atoms with Crippen molar-refractivity contribution in [3.63, 3.8) is 0 Å². The van der Waals surface area contributed by atoms with Crippen LogP contribution in [-0.2, 0) is 10.2 Å². The Hall–Kier alpha value is -4.38. The quantitative estimate of drug-likeness (QED) is 0.320. The Morgan fingerprint density at radius 1 is 1.12 bits per heavy atom. The van der Waals surface area contributed by atoms with Crippen molar-refractivity contribution < 1.29 is 21.9 Å². The van der Waals surface area contributed by atoms with E-state index in [9.17, 15) is 27.3 Å². The van der Waals surface area contributed by atoms with Crippen LogP contribution < -0.4 is 20.3 Å². The lowest BCUT2D eigenvalue weighted by molar-refractivity contribution is 0.343. The van der Waals surface area contributed by atoms with Gasteiger partial charge in [-0.15, -0.1) is 0 Å². The molecule has 0 amide bonds. The zero-order valence-electron chi connectivity index (χ0n) is 23.0. The van der Waals surface area contributed by atoms with Gasteiger partial charge in [-0.1, -0.05) is 12.1 Å². The molecule has 2 fully saturated rings. The molecular weight excluding hydrogens is 578 g/mol. The summed E-state index contributed by atoms with van der Waals surface area (Å²) in [5, 5.41) is 13.4. The monoisotopic (exact) mass is 606 g/mol. The summed E-state index contributed by atoms with van der Waals surface area (Å²) in [5.74, 6) is -0.978. The number of aromatic nitrogens is 2. The number of nitrogens with one attached hydrogen (secondary N) is 2. The van der Waals surface area contributed by atoms with Crippen LogP contribution in [0.1, 0.15) is 36.3 Å². The molecule has 2 saturated heterocycles. The highest BCUT2D eigenvalue weighted by molar-refractivity contribution is 7.90. The minimum absolute atomic E-state index is 0.0201. The molecule has 2 aliphatic rings. The largest absolute Gasteiger partial charge is 0.453 e. The fraction of sp³-hybridized carbons (Fsp3) is 0.300. The molecule has 1 aromatic heterocycles. The van der Waals surface area contributed by atoms with E-state index < -0.39 is 33.5 Å². The summed E-state index contributed by atoms with van der Waals surface area (Å²) in [5.41, 5.74) is 1.21. The molecule has 0 saturated carbocycles. The minimum atomic E-state index is -4.20. The Kier molecular flexibility index (Phi) is 7.83. The van der Waals surface area contributed by atoms with Gasteiger partial charge in [-0.05, 0) is 79.8 Å². The summed E-state index contributed by atoms with van der Waals surface area (Å²) in [4.78, 5) is 17.9. The van der Waals surface area contributed by atoms with Crippen LogP contribution in [0.5, 0.6) is 11.5 Å². The van der Waals surface area contributed by atoms with Gasteiger partial charge < -0.3 is 10.1 Å². The third-order valence-corrected chi connectivity index (χ3v) is 9.27. The van der Waals surface area contributed by atoms with Crippen LogP contribution in [0.2, 0.25) is 0 Å². The molecular formula is C30H28F2N6O4S. The summed E-state index contributed by atoms with van der Waals surface area (Å²) in [6.07, 6.45) is 2.43. The van der Waals surface area contributed by atoms with Crippen molar-refractivity contribution in [3.8, 4) is 23.3 Å². The van der Waals surface area contributed by atoms with Gasteiger partial charge in [0.25, 0.3) is 5.56 Å². The van der Waals surface area contributed by atoms with Crippen molar-refractivity contribution in [2.75, 3.05) is 30.9 Å². The molecule has 222 valence electrons. The predicted octanol–water partition coefficient (Wildman–Crippen LogP) is 4.36. The van der Waals surface area contributed by atoms with Crippen LogP contribution in [0.25, 0.3) is 16.6 Å². The smallest absolute Gasteiger partial charge is 0.301 e. The molecule has 3 aromatic carbocycles. The van der Waals surface area contributed by atoms with Gasteiger partial charge in [0.15, 0.2) is 11.6 Å². The normalized spacial score (nSPS) is 19.3. The highest BCUT2D eigenvalue weighted by Crippen LogP contribution is 2.35. The van der Waals surface area contributed by atoms with Crippen LogP contribution in [-0.4, -0.2) is 54.6 Å². The van der Waals surface area contributed by atoms with Crippen LogP contribution >= 0.6 is 0 Å². The number of halogens is 2. The second-order valence-electron chi connectivity index (χ2n) is 10.6. The molecule has 10 nitrogen and oxygen atoms in total. The topological polar surface area (TPSA) is 129 Å². The first-order valence-electron chi connectivity index (χ1n) is 13.9. The number of ether oxygens (including phenoxy) is 1. The second-order valence-corrected chi connectivity index (χ2v) is 12.3. The molecule has 2 N–H and O–H groups in total. The number of piperidine rings is 1. The Labute approximate surface area is 246 Å². The average Bonchev–Trinajstić information content (AvgIpc) is 3.47. The van der Waals surface area contributed by atoms with E-state index in [1.807, 2.05) is 24.3 Å². The summed E-state index contributed by atoms with van der Waals surface area (Å²) < 4.78 is 64.4. The van der Waals surface area contributed by atoms with Gasteiger partial charge in [-0.2, -0.15) is 18.0 Å². The molecule has 0 spiro atoms. The van der Waals surface area contributed by atoms with Gasteiger partial charge in [-0.3, -0.25) is 14.1 Å². The maximum Gasteiger partial charge on any atom is 0.301 e. The zero-order chi connectivity index (χ0) is 30.1. The van der Waals surface area contributed by atoms with Crippen LogP contribution in [0.15, 0.2) is 65.7 Å². The fourth-order valence-corrected chi connectivity index (χ4v) is 6.75. The highest BCUT2D eigenvalue weighted by atomic mass is 32.2. The maximum atomic E-state index is 14.9. The van der Waals surface area contributed by atoms with Crippen LogP contribution in [0.4, 0.5) is 14.5 Å². The fourth-order valence-electron chi connectivity index (χ4n) is 5.47. The first-order valence-corrected chi connectivity index (χ1v) is 15.3. The molecule has 3 heterocycles. The van der Waals surface area contributed by atoms with Gasteiger partial charge in [-0.25, -0.2) is 13.8 Å². The SMILES string of the molecule is N#Cc1c(NS(=O)(=O)N2CC[C@@H](F)C2)ccc(F)c1Oc1ccc2ncn(-c3ccc(C4CCCNC4)cc3)c(=O)c2c1. The molecule has 43 heavy (non-hydrogen) atoms. The molecule has 4 aromatic rings. The van der Waals surface area contributed by atoms with Crippen molar-refractivity contribution in [1.29, 1.82) is 5.26 Å². The van der Waals surface area contributed by atoms with E-state index in [2.05, 4.69) is 15.0 Å². The van der Waals surface area contributed by atoms with E-state index in [4.69, 9.17) is 4.74 Å². The number of fused-ring (bicyclic) bond motifs is 1. The molecule has 2 atom stereocenters. The van der Waals surface area contributed by atoms with E-state index in [0.717, 1.165) is 42.4 Å². The van der Waals surface area contributed by atoms with Crippen molar-refractivity contribution >= 4 is 26.8 Å². The van der Waals surface area contributed by atoms with E-state index in [-0.39, 0.29) is 41.9 Å². The number of hydrogen-bond donors (Lipinski definition) is 2. The second kappa shape index (κ2) is 11.7. The maximum absolute atomic E-state index is 14.9. The molecule has 6 rings (SSSR count). The van der Waals surface area contributed by atoms with E-state index in [1.165, 1.54) is 34.7 Å². The predicted molar refractivity (Wildman–Crippen MR) is 157 cm³/mol. The lowest BCUT2D eigenvalue weighted by Crippen LogP contribution is -2.34. The number of anilines is 1. The van der Waals surface area contributed by atoms with E-state index in [0.29, 0.717) is 17.1 Å². The third-order valence-electron chi connectivity index (χ3n) is 7.78. The van der Waals surface area contributed by atoms with Crippen LogP contribution in [0, 0.1) is 17.1 Å². The number of alkyl halides is 1. The highest BCUT2D eigenvalue weighted by Gasteiger charge is 2.32. The van der Waals surface area contributed by atoms with E-state index in [1.54, 1.807) is 6.07 Å². The summed E-state index contributed by atoms with van der Waals surface area (Å²) >= 11 is 0. The van der Waals surface area contributed by atoms with Gasteiger partial charge in [0.2, 0.25) is 0 Å². The van der Waals surface area contributed by atoms with E-state index >= 15 is 0 Å². The van der Waals surface area contributed by atoms with Crippen molar-refractivity contribution in [1.82, 2.24) is 19.2 Å². The molecule has 2 aliphatic heterocycles. The Morgan fingerprint density at radius 2 is 1.93 bits per heavy atom. The van der Waals surface area contributed by atoms with Gasteiger partial charge >= 0.3 is 10.2 Å². The Balaban J connectivity index is 1.30. The van der Waals surface area contributed by atoms with Crippen molar-refractivity contribution in [3.05, 3.63) is 88.2 Å². The van der Waals surface area contributed by atoms with Gasteiger partial charge in [0.1, 0.15) is 29.9 Å². The molecule has 0 aliphatic carbocycles. The number of nitrogens with zero attached hydrogens (tertiary/aromatic N) is 4. The van der Waals surface area contributed by atoms with Crippen molar-refractivity contribution in [2.45, 2.75) is 31.4 Å². The molecule has 0 bridgehead atoms. The minimum Gasteiger partial charge on any atom is -0.453 e. The molecule has 0 radical (unpaired) electrons. The third kappa shape index (κ3) is 5.81. The standard InChI is InChI=1S/C30H28F2N6O4S/c31-21-11-13-37(17-21)43(40,41)36-28-10-8-26(32)29(25(28)15-33)42-23-7-9-27-24(14-23)30(39)38(18-35-27)22-5-3-19(4-6-22)20-2-1-12-34-16-20/h3-10,14,18,20-21,34,36H,1-2,11-13,16-17H2/t20?,21-/m1/s1. The first-order chi connectivity index (χ1) is 20.7. The summed E-state index contributed by atoms with van der Waals surface area (Å²) in [6.45, 7) is 1.61. The number of benzene rings is 3. The number of nitriles is 1. The summed E-state index contributed by atoms with van der Waals surface area (Å²) in [6, 6.07) is 16.0. The number of rotatable bonds is 7. The molecule has 13 heteroatoms. The van der Waals surface area contributed by atoms with Gasteiger partial charge in [0, 0.05) is 19.6 Å². The zero-order valence-corrected chi connectivity index (χ0v) is 23.8. The van der Waals surface area contributed by atoms with Crippen molar-refractivity contribution in [2.24, 2.45) is 0 Å². The number of hydrogen-bond acceptors (Lipinski definition) is 7. The first kappa shape index (κ1) is 28.7. The molecule has 1 unspecified atom stereocenters.